The average molecular weight is 290 g/mol. The second kappa shape index (κ2) is 5.79. The Bertz CT molecular complexity index is 617. The minimum absolute atomic E-state index is 0.210. The zero-order valence-electron chi connectivity index (χ0n) is 11.5. The number of rotatable bonds is 4. The van der Waals surface area contributed by atoms with Gasteiger partial charge in [-0.2, -0.15) is 0 Å². The number of anilines is 1. The monoisotopic (exact) mass is 290 g/mol. The summed E-state index contributed by atoms with van der Waals surface area (Å²) in [6.07, 6.45) is 5.42. The lowest BCUT2D eigenvalue weighted by atomic mass is 10.1. The van der Waals surface area contributed by atoms with Crippen molar-refractivity contribution in [1.29, 1.82) is 0 Å². The van der Waals surface area contributed by atoms with E-state index in [4.69, 9.17) is 4.74 Å². The number of aromatic nitrogens is 1. The van der Waals surface area contributed by atoms with Crippen LogP contribution in [0.2, 0.25) is 0 Å². The fraction of sp³-hybridized carbons (Fsp3) is 0.467. The van der Waals surface area contributed by atoms with E-state index in [1.54, 1.807) is 11.3 Å². The van der Waals surface area contributed by atoms with Gasteiger partial charge in [0.1, 0.15) is 0 Å². The normalized spacial score (nSPS) is 15.7. The van der Waals surface area contributed by atoms with E-state index >= 15 is 0 Å². The molecule has 1 aromatic carbocycles. The van der Waals surface area contributed by atoms with E-state index in [1.807, 2.05) is 18.2 Å². The number of hydrogen-bond acceptors (Lipinski definition) is 5. The first-order valence-corrected chi connectivity index (χ1v) is 7.79. The first kappa shape index (κ1) is 13.4. The van der Waals surface area contributed by atoms with Gasteiger partial charge in [0.15, 0.2) is 5.13 Å². The minimum Gasteiger partial charge on any atom is -0.469 e. The fourth-order valence-corrected chi connectivity index (χ4v) is 3.63. The lowest BCUT2D eigenvalue weighted by Gasteiger charge is -2.09. The van der Waals surface area contributed by atoms with Gasteiger partial charge in [-0.25, -0.2) is 4.98 Å². The molecule has 1 aromatic heterocycles. The Morgan fingerprint density at radius 3 is 3.00 bits per heavy atom. The van der Waals surface area contributed by atoms with Crippen LogP contribution in [-0.4, -0.2) is 24.1 Å². The molecule has 5 heteroatoms. The maximum Gasteiger partial charge on any atom is 0.309 e. The Morgan fingerprint density at radius 1 is 1.45 bits per heavy atom. The molecule has 1 aliphatic carbocycles. The number of nitrogens with one attached hydrogen (secondary N) is 1. The van der Waals surface area contributed by atoms with Crippen LogP contribution >= 0.6 is 11.3 Å². The SMILES string of the molecule is COC(=O)Cc1ccc2nc(NC3CCCC3)sc2c1. The molecule has 0 spiro atoms. The zero-order valence-corrected chi connectivity index (χ0v) is 12.3. The van der Waals surface area contributed by atoms with Crippen molar-refractivity contribution in [3.05, 3.63) is 23.8 Å². The van der Waals surface area contributed by atoms with E-state index in [1.165, 1.54) is 32.8 Å². The van der Waals surface area contributed by atoms with Crippen molar-refractivity contribution >= 4 is 32.7 Å². The summed E-state index contributed by atoms with van der Waals surface area (Å²) < 4.78 is 5.81. The number of carbonyl (C=O) groups is 1. The zero-order chi connectivity index (χ0) is 13.9. The number of fused-ring (bicyclic) bond motifs is 1. The van der Waals surface area contributed by atoms with Crippen molar-refractivity contribution in [2.75, 3.05) is 12.4 Å². The molecular formula is C15H18N2O2S. The molecule has 3 rings (SSSR count). The molecule has 1 fully saturated rings. The summed E-state index contributed by atoms with van der Waals surface area (Å²) in [4.78, 5) is 15.9. The summed E-state index contributed by atoms with van der Waals surface area (Å²) in [5, 5.41) is 4.51. The molecule has 0 bridgehead atoms. The summed E-state index contributed by atoms with van der Waals surface area (Å²) in [5.74, 6) is -0.210. The highest BCUT2D eigenvalue weighted by atomic mass is 32.1. The lowest BCUT2D eigenvalue weighted by molar-refractivity contribution is -0.139. The first-order valence-electron chi connectivity index (χ1n) is 6.97. The number of hydrogen-bond donors (Lipinski definition) is 1. The van der Waals surface area contributed by atoms with Crippen LogP contribution in [0.3, 0.4) is 0 Å². The number of ether oxygens (including phenoxy) is 1. The summed E-state index contributed by atoms with van der Waals surface area (Å²) >= 11 is 1.66. The van der Waals surface area contributed by atoms with Crippen LogP contribution in [0.5, 0.6) is 0 Å². The van der Waals surface area contributed by atoms with E-state index in [0.717, 1.165) is 20.9 Å². The van der Waals surface area contributed by atoms with Crippen molar-refractivity contribution in [1.82, 2.24) is 4.98 Å². The van der Waals surface area contributed by atoms with Gasteiger partial charge < -0.3 is 10.1 Å². The second-order valence-electron chi connectivity index (χ2n) is 5.20. The molecule has 0 radical (unpaired) electrons. The minimum atomic E-state index is -0.210. The highest BCUT2D eigenvalue weighted by molar-refractivity contribution is 7.22. The standard InChI is InChI=1S/C15H18N2O2S/c1-19-14(18)9-10-6-7-12-13(8-10)20-15(17-12)16-11-4-2-3-5-11/h6-8,11H,2-5,9H2,1H3,(H,16,17). The number of thiazole rings is 1. The van der Waals surface area contributed by atoms with Gasteiger partial charge in [0.25, 0.3) is 0 Å². The molecular weight excluding hydrogens is 272 g/mol. The van der Waals surface area contributed by atoms with E-state index < -0.39 is 0 Å². The van der Waals surface area contributed by atoms with Crippen LogP contribution in [0.25, 0.3) is 10.2 Å². The Balaban J connectivity index is 1.77. The average Bonchev–Trinajstić information content (AvgIpc) is 3.07. The van der Waals surface area contributed by atoms with Gasteiger partial charge in [-0.1, -0.05) is 30.2 Å². The predicted molar refractivity (Wildman–Crippen MR) is 81.2 cm³/mol. The third-order valence-corrected chi connectivity index (χ3v) is 4.66. The van der Waals surface area contributed by atoms with E-state index in [0.29, 0.717) is 12.5 Å². The van der Waals surface area contributed by atoms with Gasteiger partial charge in [-0.05, 0) is 30.5 Å². The molecule has 0 aliphatic heterocycles. The van der Waals surface area contributed by atoms with Crippen LogP contribution in [0.1, 0.15) is 31.2 Å². The number of nitrogens with zero attached hydrogens (tertiary/aromatic N) is 1. The van der Waals surface area contributed by atoms with E-state index in [9.17, 15) is 4.79 Å². The van der Waals surface area contributed by atoms with Gasteiger partial charge in [0, 0.05) is 6.04 Å². The van der Waals surface area contributed by atoms with E-state index in [-0.39, 0.29) is 5.97 Å². The molecule has 2 aromatic rings. The molecule has 0 atom stereocenters. The molecule has 106 valence electrons. The number of methoxy groups -OCH3 is 1. The lowest BCUT2D eigenvalue weighted by Crippen LogP contribution is -2.13. The smallest absolute Gasteiger partial charge is 0.309 e. The summed E-state index contributed by atoms with van der Waals surface area (Å²) in [6, 6.07) is 6.52. The van der Waals surface area contributed by atoms with Crippen LogP contribution in [0.4, 0.5) is 5.13 Å². The molecule has 1 saturated carbocycles. The van der Waals surface area contributed by atoms with Gasteiger partial charge in [-0.3, -0.25) is 4.79 Å². The molecule has 0 unspecified atom stereocenters. The number of esters is 1. The Labute approximate surface area is 122 Å². The van der Waals surface area contributed by atoms with Crippen molar-refractivity contribution in [2.45, 2.75) is 38.1 Å². The summed E-state index contributed by atoms with van der Waals surface area (Å²) in [6.45, 7) is 0. The highest BCUT2D eigenvalue weighted by Gasteiger charge is 2.16. The van der Waals surface area contributed by atoms with Crippen LogP contribution in [0.15, 0.2) is 18.2 Å². The molecule has 1 N–H and O–H groups in total. The van der Waals surface area contributed by atoms with E-state index in [2.05, 4.69) is 10.3 Å². The first-order chi connectivity index (χ1) is 9.74. The molecule has 0 amide bonds. The Kier molecular flexibility index (Phi) is 3.87. The van der Waals surface area contributed by atoms with Crippen molar-refractivity contribution < 1.29 is 9.53 Å². The van der Waals surface area contributed by atoms with Crippen LogP contribution < -0.4 is 5.32 Å². The van der Waals surface area contributed by atoms with Crippen LogP contribution in [0, 0.1) is 0 Å². The Hall–Kier alpha value is -1.62. The molecule has 1 heterocycles. The molecule has 1 aliphatic rings. The highest BCUT2D eigenvalue weighted by Crippen LogP contribution is 2.30. The fourth-order valence-electron chi connectivity index (χ4n) is 2.62. The third kappa shape index (κ3) is 2.93. The molecule has 0 saturated heterocycles. The second-order valence-corrected chi connectivity index (χ2v) is 6.23. The number of carbonyl (C=O) groups excluding carboxylic acids is 1. The quantitative estimate of drug-likeness (QED) is 0.877. The van der Waals surface area contributed by atoms with Gasteiger partial charge in [0.05, 0.1) is 23.7 Å². The van der Waals surface area contributed by atoms with Crippen molar-refractivity contribution in [3.8, 4) is 0 Å². The van der Waals surface area contributed by atoms with Gasteiger partial charge >= 0.3 is 5.97 Å². The van der Waals surface area contributed by atoms with Crippen molar-refractivity contribution in [2.24, 2.45) is 0 Å². The van der Waals surface area contributed by atoms with Gasteiger partial charge in [0.2, 0.25) is 0 Å². The molecule has 20 heavy (non-hydrogen) atoms. The predicted octanol–water partition coefficient (Wildman–Crippen LogP) is 3.37. The van der Waals surface area contributed by atoms with Crippen molar-refractivity contribution in [3.63, 3.8) is 0 Å². The van der Waals surface area contributed by atoms with Gasteiger partial charge in [-0.15, -0.1) is 0 Å². The maximum absolute atomic E-state index is 11.3. The summed E-state index contributed by atoms with van der Waals surface area (Å²) in [5.41, 5.74) is 1.96. The van der Waals surface area contributed by atoms with Crippen LogP contribution in [-0.2, 0) is 16.0 Å². The largest absolute Gasteiger partial charge is 0.469 e. The number of benzene rings is 1. The third-order valence-electron chi connectivity index (χ3n) is 3.71. The summed E-state index contributed by atoms with van der Waals surface area (Å²) in [7, 11) is 1.41. The maximum atomic E-state index is 11.3. The topological polar surface area (TPSA) is 51.2 Å². The Morgan fingerprint density at radius 2 is 2.25 bits per heavy atom. The molecule has 4 nitrogen and oxygen atoms in total.